The maximum atomic E-state index is 5.78. The first kappa shape index (κ1) is 11.8. The van der Waals surface area contributed by atoms with Crippen LogP contribution in [0, 0.1) is 0 Å². The Hall–Kier alpha value is -0.310. The number of halogens is 2. The Balaban J connectivity index is 0.000000980. The Morgan fingerprint density at radius 2 is 2.00 bits per heavy atom. The van der Waals surface area contributed by atoms with Crippen LogP contribution in [0.1, 0.15) is 24.5 Å². The van der Waals surface area contributed by atoms with Crippen molar-refractivity contribution in [3.05, 3.63) is 29.0 Å². The Bertz CT molecular complexity index is 268. The van der Waals surface area contributed by atoms with Gasteiger partial charge < -0.3 is 5.32 Å². The number of hydrogen-bond donors (Lipinski definition) is 1. The van der Waals surface area contributed by atoms with Crippen molar-refractivity contribution in [1.82, 2.24) is 10.3 Å². The number of nitrogens with one attached hydrogen (secondary N) is 1. The second-order valence-electron chi connectivity index (χ2n) is 3.43. The van der Waals surface area contributed by atoms with Crippen molar-refractivity contribution in [2.75, 3.05) is 13.1 Å². The molecule has 0 aromatic carbocycles. The number of nitrogens with zero attached hydrogens (tertiary/aromatic N) is 1. The van der Waals surface area contributed by atoms with Gasteiger partial charge in [-0.25, -0.2) is 0 Å². The lowest BCUT2D eigenvalue weighted by atomic mass is 9.94. The highest BCUT2D eigenvalue weighted by atomic mass is 35.5. The SMILES string of the molecule is Cl.Clc1ccc(C2CCNCC2)nc1. The van der Waals surface area contributed by atoms with Crippen LogP contribution in [0.3, 0.4) is 0 Å². The van der Waals surface area contributed by atoms with Gasteiger partial charge >= 0.3 is 0 Å². The van der Waals surface area contributed by atoms with E-state index in [-0.39, 0.29) is 12.4 Å². The third-order valence-electron chi connectivity index (χ3n) is 2.51. The topological polar surface area (TPSA) is 24.9 Å². The van der Waals surface area contributed by atoms with Gasteiger partial charge in [0, 0.05) is 17.8 Å². The van der Waals surface area contributed by atoms with Crippen LogP contribution >= 0.6 is 24.0 Å². The highest BCUT2D eigenvalue weighted by Gasteiger charge is 2.15. The van der Waals surface area contributed by atoms with Gasteiger partial charge in [-0.2, -0.15) is 0 Å². The standard InChI is InChI=1S/C10H13ClN2.ClH/c11-9-1-2-10(13-7-9)8-3-5-12-6-4-8;/h1-2,7-8,12H,3-6H2;1H. The van der Waals surface area contributed by atoms with Gasteiger partial charge in [0.1, 0.15) is 0 Å². The van der Waals surface area contributed by atoms with E-state index in [1.807, 2.05) is 12.1 Å². The Morgan fingerprint density at radius 1 is 1.29 bits per heavy atom. The summed E-state index contributed by atoms with van der Waals surface area (Å²) < 4.78 is 0. The highest BCUT2D eigenvalue weighted by Crippen LogP contribution is 2.23. The molecule has 0 bridgehead atoms. The molecular weight excluding hydrogens is 219 g/mol. The lowest BCUT2D eigenvalue weighted by molar-refractivity contribution is 0.453. The molecule has 0 aliphatic carbocycles. The van der Waals surface area contributed by atoms with Gasteiger partial charge in [-0.1, -0.05) is 11.6 Å². The lowest BCUT2D eigenvalue weighted by Crippen LogP contribution is -2.26. The molecule has 1 N–H and O–H groups in total. The molecule has 0 atom stereocenters. The Labute approximate surface area is 95.5 Å². The summed E-state index contributed by atoms with van der Waals surface area (Å²) in [6.45, 7) is 2.21. The van der Waals surface area contributed by atoms with E-state index in [1.165, 1.54) is 18.5 Å². The zero-order valence-corrected chi connectivity index (χ0v) is 9.44. The van der Waals surface area contributed by atoms with E-state index >= 15 is 0 Å². The first-order chi connectivity index (χ1) is 6.36. The molecule has 0 radical (unpaired) electrons. The van der Waals surface area contributed by atoms with E-state index in [0.29, 0.717) is 5.92 Å². The fraction of sp³-hybridized carbons (Fsp3) is 0.500. The van der Waals surface area contributed by atoms with Crippen LogP contribution in [-0.2, 0) is 0 Å². The monoisotopic (exact) mass is 232 g/mol. The molecule has 1 aliphatic heterocycles. The summed E-state index contributed by atoms with van der Waals surface area (Å²) in [5.74, 6) is 0.624. The molecule has 14 heavy (non-hydrogen) atoms. The van der Waals surface area contributed by atoms with E-state index in [0.717, 1.165) is 18.1 Å². The van der Waals surface area contributed by atoms with Crippen LogP contribution in [0.15, 0.2) is 18.3 Å². The van der Waals surface area contributed by atoms with Gasteiger partial charge in [0.2, 0.25) is 0 Å². The van der Waals surface area contributed by atoms with Crippen molar-refractivity contribution in [2.24, 2.45) is 0 Å². The van der Waals surface area contributed by atoms with Gasteiger partial charge in [0.25, 0.3) is 0 Å². The summed E-state index contributed by atoms with van der Waals surface area (Å²) in [6.07, 6.45) is 4.11. The molecule has 2 heterocycles. The zero-order chi connectivity index (χ0) is 9.10. The maximum absolute atomic E-state index is 5.78. The van der Waals surface area contributed by atoms with Crippen LogP contribution in [0.2, 0.25) is 5.02 Å². The van der Waals surface area contributed by atoms with Crippen LogP contribution < -0.4 is 5.32 Å². The summed E-state index contributed by atoms with van der Waals surface area (Å²) in [4.78, 5) is 4.34. The quantitative estimate of drug-likeness (QED) is 0.806. The summed E-state index contributed by atoms with van der Waals surface area (Å²) in [7, 11) is 0. The molecule has 4 heteroatoms. The second kappa shape index (κ2) is 5.54. The average molecular weight is 233 g/mol. The van der Waals surface area contributed by atoms with Crippen molar-refractivity contribution in [2.45, 2.75) is 18.8 Å². The van der Waals surface area contributed by atoms with Crippen molar-refractivity contribution >= 4 is 24.0 Å². The molecule has 1 aliphatic rings. The van der Waals surface area contributed by atoms with E-state index in [1.54, 1.807) is 6.20 Å². The molecule has 0 unspecified atom stereocenters. The number of hydrogen-bond acceptors (Lipinski definition) is 2. The second-order valence-corrected chi connectivity index (χ2v) is 3.86. The van der Waals surface area contributed by atoms with Crippen LogP contribution in [-0.4, -0.2) is 18.1 Å². The molecule has 1 aromatic rings. The Kier molecular flexibility index (Phi) is 4.66. The minimum Gasteiger partial charge on any atom is -0.317 e. The number of rotatable bonds is 1. The summed E-state index contributed by atoms with van der Waals surface area (Å²) in [5.41, 5.74) is 1.19. The van der Waals surface area contributed by atoms with Gasteiger partial charge in [-0.05, 0) is 38.1 Å². The summed E-state index contributed by atoms with van der Waals surface area (Å²) in [6, 6.07) is 3.96. The smallest absolute Gasteiger partial charge is 0.0589 e. The van der Waals surface area contributed by atoms with E-state index in [4.69, 9.17) is 11.6 Å². The van der Waals surface area contributed by atoms with Crippen molar-refractivity contribution in [3.8, 4) is 0 Å². The molecule has 1 aromatic heterocycles. The molecule has 0 amide bonds. The molecule has 2 rings (SSSR count). The Morgan fingerprint density at radius 3 is 2.57 bits per heavy atom. The maximum Gasteiger partial charge on any atom is 0.0589 e. The molecule has 2 nitrogen and oxygen atoms in total. The van der Waals surface area contributed by atoms with Crippen molar-refractivity contribution < 1.29 is 0 Å². The van der Waals surface area contributed by atoms with Crippen molar-refractivity contribution in [1.29, 1.82) is 0 Å². The number of aromatic nitrogens is 1. The lowest BCUT2D eigenvalue weighted by Gasteiger charge is -2.21. The normalized spacial score (nSPS) is 17.5. The molecule has 1 fully saturated rings. The van der Waals surface area contributed by atoms with Gasteiger partial charge in [-0.15, -0.1) is 12.4 Å². The van der Waals surface area contributed by atoms with Gasteiger partial charge in [-0.3, -0.25) is 4.98 Å². The minimum atomic E-state index is 0. The van der Waals surface area contributed by atoms with Gasteiger partial charge in [0.05, 0.1) is 5.02 Å². The fourth-order valence-electron chi connectivity index (χ4n) is 1.75. The first-order valence-corrected chi connectivity index (χ1v) is 5.06. The largest absolute Gasteiger partial charge is 0.317 e. The summed E-state index contributed by atoms with van der Waals surface area (Å²) in [5, 5.41) is 4.06. The number of piperidine rings is 1. The van der Waals surface area contributed by atoms with Crippen LogP contribution in [0.25, 0.3) is 0 Å². The van der Waals surface area contributed by atoms with E-state index in [2.05, 4.69) is 10.3 Å². The molecule has 1 saturated heterocycles. The van der Waals surface area contributed by atoms with Crippen molar-refractivity contribution in [3.63, 3.8) is 0 Å². The highest BCUT2D eigenvalue weighted by molar-refractivity contribution is 6.30. The van der Waals surface area contributed by atoms with Crippen LogP contribution in [0.5, 0.6) is 0 Å². The molecular formula is C10H14Cl2N2. The van der Waals surface area contributed by atoms with Crippen LogP contribution in [0.4, 0.5) is 0 Å². The van der Waals surface area contributed by atoms with E-state index < -0.39 is 0 Å². The third kappa shape index (κ3) is 2.84. The zero-order valence-electron chi connectivity index (χ0n) is 7.87. The predicted octanol–water partition coefficient (Wildman–Crippen LogP) is 2.62. The molecule has 0 spiro atoms. The number of pyridine rings is 1. The third-order valence-corrected chi connectivity index (χ3v) is 2.73. The minimum absolute atomic E-state index is 0. The summed E-state index contributed by atoms with van der Waals surface area (Å²) >= 11 is 5.78. The predicted molar refractivity (Wildman–Crippen MR) is 61.3 cm³/mol. The molecule has 0 saturated carbocycles. The fourth-order valence-corrected chi connectivity index (χ4v) is 1.86. The van der Waals surface area contributed by atoms with Gasteiger partial charge in [0.15, 0.2) is 0 Å². The molecule has 78 valence electrons. The van der Waals surface area contributed by atoms with E-state index in [9.17, 15) is 0 Å². The first-order valence-electron chi connectivity index (χ1n) is 4.68. The average Bonchev–Trinajstić information content (AvgIpc) is 2.20.